The Kier molecular flexibility index (Phi) is 6.44. The highest BCUT2D eigenvalue weighted by molar-refractivity contribution is 9.10. The number of amides is 1. The van der Waals surface area contributed by atoms with E-state index in [1.165, 1.54) is 18.2 Å². The summed E-state index contributed by atoms with van der Waals surface area (Å²) in [4.78, 5) is 11.6. The van der Waals surface area contributed by atoms with Crippen LogP contribution >= 0.6 is 27.5 Å². The molecule has 0 fully saturated rings. The molecule has 9 heteroatoms. The van der Waals surface area contributed by atoms with Crippen molar-refractivity contribution in [2.45, 2.75) is 6.18 Å². The van der Waals surface area contributed by atoms with Gasteiger partial charge in [-0.2, -0.15) is 18.3 Å². The minimum absolute atomic E-state index is 0.160. The molecule has 2 rings (SSSR count). The number of alkyl halides is 3. The molecule has 0 unspecified atom stereocenters. The summed E-state index contributed by atoms with van der Waals surface area (Å²) in [6, 6.07) is 9.75. The van der Waals surface area contributed by atoms with E-state index in [4.69, 9.17) is 16.3 Å². The van der Waals surface area contributed by atoms with Gasteiger partial charge >= 0.3 is 6.18 Å². The van der Waals surface area contributed by atoms with Gasteiger partial charge in [0.25, 0.3) is 5.91 Å². The van der Waals surface area contributed by atoms with Gasteiger partial charge in [0, 0.05) is 10.0 Å². The Labute approximate surface area is 154 Å². The van der Waals surface area contributed by atoms with Crippen molar-refractivity contribution in [3.8, 4) is 5.75 Å². The van der Waals surface area contributed by atoms with E-state index in [0.717, 1.165) is 16.8 Å². The van der Waals surface area contributed by atoms with Gasteiger partial charge in [-0.05, 0) is 24.3 Å². The molecule has 0 heterocycles. The van der Waals surface area contributed by atoms with E-state index in [1.807, 2.05) is 0 Å². The van der Waals surface area contributed by atoms with Gasteiger partial charge in [0.1, 0.15) is 5.75 Å². The predicted molar refractivity (Wildman–Crippen MR) is 91.8 cm³/mol. The van der Waals surface area contributed by atoms with Crippen LogP contribution in [0.3, 0.4) is 0 Å². The summed E-state index contributed by atoms with van der Waals surface area (Å²) in [6.45, 7) is -0.389. The first-order valence-electron chi connectivity index (χ1n) is 6.83. The molecule has 2 aromatic rings. The number of nitrogens with one attached hydrogen (secondary N) is 1. The maximum Gasteiger partial charge on any atom is 0.417 e. The molecular weight excluding hydrogens is 425 g/mol. The molecule has 1 N–H and O–H groups in total. The number of hydrogen-bond acceptors (Lipinski definition) is 3. The van der Waals surface area contributed by atoms with Crippen molar-refractivity contribution in [2.24, 2.45) is 5.10 Å². The number of halogens is 5. The van der Waals surface area contributed by atoms with Crippen LogP contribution in [0.2, 0.25) is 5.02 Å². The second-order valence-electron chi connectivity index (χ2n) is 4.74. The Morgan fingerprint density at radius 3 is 2.68 bits per heavy atom. The average Bonchev–Trinajstić information content (AvgIpc) is 2.53. The van der Waals surface area contributed by atoms with Crippen LogP contribution < -0.4 is 10.2 Å². The van der Waals surface area contributed by atoms with E-state index in [0.29, 0.717) is 10.8 Å². The lowest BCUT2D eigenvalue weighted by Crippen LogP contribution is -2.24. The molecule has 0 aliphatic rings. The summed E-state index contributed by atoms with van der Waals surface area (Å²) >= 11 is 9.17. The second kappa shape index (κ2) is 8.35. The smallest absolute Gasteiger partial charge is 0.417 e. The van der Waals surface area contributed by atoms with Gasteiger partial charge in [-0.25, -0.2) is 5.43 Å². The van der Waals surface area contributed by atoms with Crippen molar-refractivity contribution >= 4 is 39.7 Å². The molecular formula is C16H11BrClF3N2O2. The Hall–Kier alpha value is -2.06. The molecule has 0 atom stereocenters. The zero-order valence-electron chi connectivity index (χ0n) is 12.5. The summed E-state index contributed by atoms with van der Waals surface area (Å²) in [5, 5.41) is 3.83. The maximum absolute atomic E-state index is 12.8. The lowest BCUT2D eigenvalue weighted by molar-refractivity contribution is -0.137. The SMILES string of the molecule is O=C(COc1ccc(Br)cc1Cl)NN=Cc1ccccc1C(F)(F)F. The molecule has 25 heavy (non-hydrogen) atoms. The first-order valence-corrected chi connectivity index (χ1v) is 8.00. The molecule has 0 radical (unpaired) electrons. The number of hydrogen-bond donors (Lipinski definition) is 1. The van der Waals surface area contributed by atoms with Gasteiger partial charge in [0.2, 0.25) is 0 Å². The third-order valence-corrected chi connectivity index (χ3v) is 3.70. The number of carbonyl (C=O) groups excluding carboxylic acids is 1. The summed E-state index contributed by atoms with van der Waals surface area (Å²) in [7, 11) is 0. The molecule has 2 aromatic carbocycles. The van der Waals surface area contributed by atoms with Crippen LogP contribution in [-0.4, -0.2) is 18.7 Å². The van der Waals surface area contributed by atoms with E-state index in [-0.39, 0.29) is 12.2 Å². The Balaban J connectivity index is 1.93. The lowest BCUT2D eigenvalue weighted by atomic mass is 10.1. The fourth-order valence-electron chi connectivity index (χ4n) is 1.81. The van der Waals surface area contributed by atoms with E-state index in [1.54, 1.807) is 18.2 Å². The summed E-state index contributed by atoms with van der Waals surface area (Å²) in [6.07, 6.45) is -3.58. The van der Waals surface area contributed by atoms with Gasteiger partial charge in [-0.15, -0.1) is 0 Å². The van der Waals surface area contributed by atoms with E-state index < -0.39 is 17.6 Å². The van der Waals surface area contributed by atoms with Crippen LogP contribution in [-0.2, 0) is 11.0 Å². The number of nitrogens with zero attached hydrogens (tertiary/aromatic N) is 1. The Morgan fingerprint density at radius 1 is 1.28 bits per heavy atom. The van der Waals surface area contributed by atoms with Gasteiger partial charge in [0.05, 0.1) is 16.8 Å². The summed E-state index contributed by atoms with van der Waals surface area (Å²) in [5.41, 5.74) is 1.09. The highest BCUT2D eigenvalue weighted by atomic mass is 79.9. The molecule has 0 aliphatic carbocycles. The van der Waals surface area contributed by atoms with Crippen molar-refractivity contribution in [1.29, 1.82) is 0 Å². The van der Waals surface area contributed by atoms with Crippen molar-refractivity contribution in [1.82, 2.24) is 5.43 Å². The number of carbonyl (C=O) groups is 1. The quantitative estimate of drug-likeness (QED) is 0.549. The van der Waals surface area contributed by atoms with Crippen molar-refractivity contribution in [3.63, 3.8) is 0 Å². The van der Waals surface area contributed by atoms with E-state index >= 15 is 0 Å². The first kappa shape index (κ1) is 19.3. The summed E-state index contributed by atoms with van der Waals surface area (Å²) in [5.74, 6) is -0.342. The van der Waals surface area contributed by atoms with Crippen LogP contribution in [0.5, 0.6) is 5.75 Å². The molecule has 132 valence electrons. The average molecular weight is 436 g/mol. The molecule has 0 saturated heterocycles. The van der Waals surface area contributed by atoms with Crippen molar-refractivity contribution in [3.05, 3.63) is 63.1 Å². The van der Waals surface area contributed by atoms with Crippen LogP contribution in [0.15, 0.2) is 52.0 Å². The van der Waals surface area contributed by atoms with Crippen LogP contribution in [0.4, 0.5) is 13.2 Å². The molecule has 0 bridgehead atoms. The maximum atomic E-state index is 12.8. The molecule has 0 spiro atoms. The standard InChI is InChI=1S/C16H11BrClF3N2O2/c17-11-5-6-14(13(18)7-11)25-9-15(24)23-22-8-10-3-1-2-4-12(10)16(19,20)21/h1-8H,9H2,(H,23,24). The van der Waals surface area contributed by atoms with E-state index in [2.05, 4.69) is 26.5 Å². The van der Waals surface area contributed by atoms with Crippen LogP contribution in [0.25, 0.3) is 0 Å². The van der Waals surface area contributed by atoms with Gasteiger partial charge in [-0.3, -0.25) is 4.79 Å². The summed E-state index contributed by atoms with van der Waals surface area (Å²) < 4.78 is 44.4. The number of rotatable bonds is 5. The van der Waals surface area contributed by atoms with Gasteiger partial charge in [-0.1, -0.05) is 45.7 Å². The highest BCUT2D eigenvalue weighted by Crippen LogP contribution is 2.31. The third-order valence-electron chi connectivity index (χ3n) is 2.91. The van der Waals surface area contributed by atoms with Crippen molar-refractivity contribution in [2.75, 3.05) is 6.61 Å². The highest BCUT2D eigenvalue weighted by Gasteiger charge is 2.32. The van der Waals surface area contributed by atoms with E-state index in [9.17, 15) is 18.0 Å². The molecule has 4 nitrogen and oxygen atoms in total. The minimum atomic E-state index is -4.51. The zero-order chi connectivity index (χ0) is 18.4. The second-order valence-corrected chi connectivity index (χ2v) is 6.06. The molecule has 0 saturated carbocycles. The lowest BCUT2D eigenvalue weighted by Gasteiger charge is -2.09. The largest absolute Gasteiger partial charge is 0.482 e. The topological polar surface area (TPSA) is 50.7 Å². The molecule has 0 aromatic heterocycles. The van der Waals surface area contributed by atoms with Crippen molar-refractivity contribution < 1.29 is 22.7 Å². The number of benzene rings is 2. The fraction of sp³-hybridized carbons (Fsp3) is 0.125. The van der Waals surface area contributed by atoms with Crippen LogP contribution in [0.1, 0.15) is 11.1 Å². The monoisotopic (exact) mass is 434 g/mol. The fourth-order valence-corrected chi connectivity index (χ4v) is 2.54. The van der Waals surface area contributed by atoms with Gasteiger partial charge < -0.3 is 4.74 Å². The number of hydrazone groups is 1. The number of ether oxygens (including phenoxy) is 1. The Morgan fingerprint density at radius 2 is 2.00 bits per heavy atom. The molecule has 0 aliphatic heterocycles. The Bertz CT molecular complexity index is 797. The molecule has 1 amide bonds. The predicted octanol–water partition coefficient (Wildman–Crippen LogP) is 4.65. The normalized spacial score (nSPS) is 11.6. The first-order chi connectivity index (χ1) is 11.8. The van der Waals surface area contributed by atoms with Crippen LogP contribution in [0, 0.1) is 0 Å². The zero-order valence-corrected chi connectivity index (χ0v) is 14.8. The third kappa shape index (κ3) is 5.75. The minimum Gasteiger partial charge on any atom is -0.482 e. The van der Waals surface area contributed by atoms with Gasteiger partial charge in [0.15, 0.2) is 6.61 Å².